The van der Waals surface area contributed by atoms with E-state index in [9.17, 15) is 4.39 Å². The molecule has 0 saturated heterocycles. The highest BCUT2D eigenvalue weighted by Crippen LogP contribution is 2.16. The normalized spacial score (nSPS) is 10.6. The van der Waals surface area contributed by atoms with Crippen LogP contribution in [0.4, 0.5) is 4.39 Å². The van der Waals surface area contributed by atoms with Crippen molar-refractivity contribution >= 4 is 0 Å². The maximum Gasteiger partial charge on any atom is 0.299 e. The van der Waals surface area contributed by atoms with E-state index in [4.69, 9.17) is 4.74 Å². The van der Waals surface area contributed by atoms with Gasteiger partial charge < -0.3 is 4.74 Å². The summed E-state index contributed by atoms with van der Waals surface area (Å²) >= 11 is 0. The molecule has 1 radical (unpaired) electrons. The maximum absolute atomic E-state index is 13.0. The van der Waals surface area contributed by atoms with Gasteiger partial charge >= 0.3 is 0 Å². The number of ether oxygens (including phenoxy) is 1. The first kappa shape index (κ1) is 9.20. The molecule has 0 saturated carbocycles. The van der Waals surface area contributed by atoms with Gasteiger partial charge in [0.1, 0.15) is 0 Å². The highest BCUT2D eigenvalue weighted by molar-refractivity contribution is 5.23. The van der Waals surface area contributed by atoms with Crippen molar-refractivity contribution in [2.24, 2.45) is 0 Å². The first-order valence-electron chi connectivity index (χ1n) is 4.05. The Balaban J connectivity index is 2.48. The van der Waals surface area contributed by atoms with Crippen molar-refractivity contribution in [3.63, 3.8) is 0 Å². The summed E-state index contributed by atoms with van der Waals surface area (Å²) in [7, 11) is 0. The molecule has 2 heteroatoms. The van der Waals surface area contributed by atoms with E-state index in [-0.39, 0.29) is 0 Å². The van der Waals surface area contributed by atoms with E-state index in [2.05, 4.69) is 0 Å². The summed E-state index contributed by atoms with van der Waals surface area (Å²) in [5.41, 5.74) is 0.506. The molecule has 0 fully saturated rings. The van der Waals surface area contributed by atoms with Gasteiger partial charge in [0.05, 0.1) is 6.61 Å². The molecule has 0 atom stereocenters. The summed E-state index contributed by atoms with van der Waals surface area (Å²) in [6.07, 6.45) is 0.331. The average molecular weight is 167 g/mol. The molecule has 1 aromatic rings. The lowest BCUT2D eigenvalue weighted by Gasteiger charge is -2.05. The van der Waals surface area contributed by atoms with Crippen LogP contribution in [-0.2, 0) is 4.74 Å². The number of rotatable bonds is 4. The maximum atomic E-state index is 13.0. The Morgan fingerprint density at radius 1 is 1.33 bits per heavy atom. The predicted molar refractivity (Wildman–Crippen MR) is 46.1 cm³/mol. The van der Waals surface area contributed by atoms with Gasteiger partial charge in [0.2, 0.25) is 0 Å². The highest BCUT2D eigenvalue weighted by atomic mass is 19.1. The molecule has 12 heavy (non-hydrogen) atoms. The number of halogens is 1. The van der Waals surface area contributed by atoms with Gasteiger partial charge in [-0.05, 0) is 6.42 Å². The lowest BCUT2D eigenvalue weighted by molar-refractivity contribution is 0.0844. The molecular formula is C10H12FO. The zero-order chi connectivity index (χ0) is 8.81. The van der Waals surface area contributed by atoms with Crippen molar-refractivity contribution in [1.82, 2.24) is 0 Å². The third-order valence-electron chi connectivity index (χ3n) is 1.43. The molecule has 1 rings (SSSR count). The van der Waals surface area contributed by atoms with Gasteiger partial charge in [-0.25, -0.2) is 0 Å². The minimum Gasteiger partial charge on any atom is -0.338 e. The topological polar surface area (TPSA) is 9.23 Å². The zero-order valence-electron chi connectivity index (χ0n) is 7.09. The number of benzene rings is 1. The molecule has 1 aromatic carbocycles. The Morgan fingerprint density at radius 2 is 2.00 bits per heavy atom. The molecule has 1 nitrogen and oxygen atoms in total. The Labute approximate surface area is 72.2 Å². The standard InChI is InChI=1S/C10H12FO/c1-2-8-12-10(11)9-6-4-3-5-7-9/h3-7H,2,8H2,1H3. The minimum absolute atomic E-state index is 0.431. The summed E-state index contributed by atoms with van der Waals surface area (Å²) < 4.78 is 17.8. The summed E-state index contributed by atoms with van der Waals surface area (Å²) in [6, 6.07) is 8.78. The van der Waals surface area contributed by atoms with Crippen molar-refractivity contribution in [1.29, 1.82) is 0 Å². The van der Waals surface area contributed by atoms with Crippen molar-refractivity contribution in [3.8, 4) is 0 Å². The number of hydrogen-bond donors (Lipinski definition) is 0. The molecule has 0 spiro atoms. The summed E-state index contributed by atoms with van der Waals surface area (Å²) in [5, 5.41) is 0. The van der Waals surface area contributed by atoms with Crippen LogP contribution in [0.25, 0.3) is 0 Å². The van der Waals surface area contributed by atoms with E-state index < -0.39 is 6.36 Å². The fourth-order valence-electron chi connectivity index (χ4n) is 0.844. The van der Waals surface area contributed by atoms with Crippen molar-refractivity contribution < 1.29 is 9.13 Å². The van der Waals surface area contributed by atoms with Crippen LogP contribution in [0.5, 0.6) is 0 Å². The van der Waals surface area contributed by atoms with E-state index in [1.54, 1.807) is 24.3 Å². The van der Waals surface area contributed by atoms with Gasteiger partial charge in [-0.3, -0.25) is 0 Å². The van der Waals surface area contributed by atoms with Gasteiger partial charge in [-0.1, -0.05) is 37.3 Å². The molecule has 0 aliphatic carbocycles. The molecule has 0 bridgehead atoms. The van der Waals surface area contributed by atoms with Gasteiger partial charge in [0.15, 0.2) is 0 Å². The fraction of sp³-hybridized carbons (Fsp3) is 0.300. The SMILES string of the molecule is CCCO[C](F)c1ccccc1. The fourth-order valence-corrected chi connectivity index (χ4v) is 0.844. The Bertz CT molecular complexity index is 210. The second kappa shape index (κ2) is 4.88. The second-order valence-electron chi connectivity index (χ2n) is 2.49. The van der Waals surface area contributed by atoms with E-state index in [1.165, 1.54) is 0 Å². The van der Waals surface area contributed by atoms with Crippen LogP contribution >= 0.6 is 0 Å². The molecular weight excluding hydrogens is 155 g/mol. The first-order chi connectivity index (χ1) is 5.84. The molecule has 0 unspecified atom stereocenters. The molecule has 0 aromatic heterocycles. The van der Waals surface area contributed by atoms with Crippen LogP contribution in [0.1, 0.15) is 18.9 Å². The monoisotopic (exact) mass is 167 g/mol. The van der Waals surface area contributed by atoms with Crippen LogP contribution in [0.15, 0.2) is 30.3 Å². The van der Waals surface area contributed by atoms with Gasteiger partial charge in [0, 0.05) is 5.56 Å². The van der Waals surface area contributed by atoms with E-state index in [0.717, 1.165) is 6.42 Å². The molecule has 0 amide bonds. The van der Waals surface area contributed by atoms with Gasteiger partial charge in [-0.2, -0.15) is 4.39 Å². The summed E-state index contributed by atoms with van der Waals surface area (Å²) in [5.74, 6) is 0. The lowest BCUT2D eigenvalue weighted by Crippen LogP contribution is -1.99. The smallest absolute Gasteiger partial charge is 0.299 e. The quantitative estimate of drug-likeness (QED) is 0.670. The van der Waals surface area contributed by atoms with Crippen molar-refractivity contribution in [2.45, 2.75) is 13.3 Å². The third-order valence-corrected chi connectivity index (χ3v) is 1.43. The zero-order valence-corrected chi connectivity index (χ0v) is 7.09. The Hall–Kier alpha value is -0.890. The predicted octanol–water partition coefficient (Wildman–Crippen LogP) is 2.92. The summed E-state index contributed by atoms with van der Waals surface area (Å²) in [4.78, 5) is 0. The van der Waals surface area contributed by atoms with Crippen molar-refractivity contribution in [2.75, 3.05) is 6.61 Å². The van der Waals surface area contributed by atoms with Crippen LogP contribution in [0.3, 0.4) is 0 Å². The molecule has 0 aliphatic rings. The van der Waals surface area contributed by atoms with Crippen LogP contribution in [-0.4, -0.2) is 6.61 Å². The van der Waals surface area contributed by atoms with Gasteiger partial charge in [-0.15, -0.1) is 0 Å². The Morgan fingerprint density at radius 3 is 2.58 bits per heavy atom. The first-order valence-corrected chi connectivity index (χ1v) is 4.05. The van der Waals surface area contributed by atoms with E-state index in [1.807, 2.05) is 13.0 Å². The molecule has 0 heterocycles. The minimum atomic E-state index is -0.488. The third kappa shape index (κ3) is 2.62. The van der Waals surface area contributed by atoms with Crippen molar-refractivity contribution in [3.05, 3.63) is 42.3 Å². The number of hydrogen-bond acceptors (Lipinski definition) is 1. The van der Waals surface area contributed by atoms with Crippen LogP contribution in [0.2, 0.25) is 0 Å². The second-order valence-corrected chi connectivity index (χ2v) is 2.49. The molecule has 0 aliphatic heterocycles. The molecule has 0 N–H and O–H groups in total. The van der Waals surface area contributed by atoms with Gasteiger partial charge in [0.25, 0.3) is 6.36 Å². The van der Waals surface area contributed by atoms with E-state index >= 15 is 0 Å². The largest absolute Gasteiger partial charge is 0.338 e. The van der Waals surface area contributed by atoms with E-state index in [0.29, 0.717) is 12.2 Å². The average Bonchev–Trinajstić information content (AvgIpc) is 2.15. The molecule has 65 valence electrons. The Kier molecular flexibility index (Phi) is 3.74. The highest BCUT2D eigenvalue weighted by Gasteiger charge is 2.10. The van der Waals surface area contributed by atoms with Crippen LogP contribution < -0.4 is 0 Å². The van der Waals surface area contributed by atoms with Crippen LogP contribution in [0, 0.1) is 6.36 Å². The lowest BCUT2D eigenvalue weighted by atomic mass is 10.2. The summed E-state index contributed by atoms with van der Waals surface area (Å²) in [6.45, 7) is 2.37.